The van der Waals surface area contributed by atoms with Gasteiger partial charge in [-0.05, 0) is 61.4 Å². The predicted octanol–water partition coefficient (Wildman–Crippen LogP) is 10.1. The normalized spacial score (nSPS) is 11.8. The first-order valence-corrected chi connectivity index (χ1v) is 15.7. The van der Waals surface area contributed by atoms with Gasteiger partial charge in [0.15, 0.2) is 0 Å². The average molecular weight is 557 g/mol. The molecule has 0 saturated carbocycles. The topological polar surface area (TPSA) is 44.0 Å². The van der Waals surface area contributed by atoms with Crippen LogP contribution in [0.1, 0.15) is 85.9 Å². The number of ketones is 2. The second-order valence-electron chi connectivity index (χ2n) is 11.6. The second kappa shape index (κ2) is 12.4. The standard InChI is InChI=1S/C38H40N2O2/c1-3-5-7-13-23-39-33-17-11-9-15-29(33)31-25-27(19-21-35(31)39)37(41)38(42)28-20-22-36-32(26-28)30-16-10-12-18-34(30)40(36)24-14-8-6-4-2/h9-12,15-22,25-26H,3-8,13-14,23-24H2,1-2H3. The predicted molar refractivity (Wildman–Crippen MR) is 176 cm³/mol. The van der Waals surface area contributed by atoms with Gasteiger partial charge in [0.2, 0.25) is 11.6 Å². The lowest BCUT2D eigenvalue weighted by Gasteiger charge is -2.08. The van der Waals surface area contributed by atoms with Crippen LogP contribution in [-0.4, -0.2) is 20.7 Å². The number of rotatable bonds is 13. The van der Waals surface area contributed by atoms with Crippen molar-refractivity contribution in [1.82, 2.24) is 9.13 Å². The van der Waals surface area contributed by atoms with Crippen LogP contribution in [0.3, 0.4) is 0 Å². The van der Waals surface area contributed by atoms with E-state index in [9.17, 15) is 9.59 Å². The number of aryl methyl sites for hydroxylation is 2. The molecule has 4 aromatic carbocycles. The maximum absolute atomic E-state index is 13.6. The quantitative estimate of drug-likeness (QED) is 0.0807. The largest absolute Gasteiger partial charge is 0.340 e. The SMILES string of the molecule is CCCCCCn1c2ccccc2c2cc(C(=O)C(=O)c3ccc4c(c3)c3ccccc3n4CCCCCC)ccc21. The van der Waals surface area contributed by atoms with Gasteiger partial charge in [-0.3, -0.25) is 9.59 Å². The van der Waals surface area contributed by atoms with Crippen LogP contribution in [0.2, 0.25) is 0 Å². The van der Waals surface area contributed by atoms with Crippen LogP contribution in [0, 0.1) is 0 Å². The Balaban J connectivity index is 1.33. The number of Topliss-reactive ketones (excluding diaryl/α,β-unsaturated/α-hetero) is 2. The zero-order valence-electron chi connectivity index (χ0n) is 24.9. The van der Waals surface area contributed by atoms with E-state index in [0.717, 1.165) is 58.5 Å². The Morgan fingerprint density at radius 1 is 0.476 bits per heavy atom. The summed E-state index contributed by atoms with van der Waals surface area (Å²) in [6.45, 7) is 6.35. The molecule has 2 heterocycles. The molecule has 0 saturated heterocycles. The highest BCUT2D eigenvalue weighted by Crippen LogP contribution is 2.32. The van der Waals surface area contributed by atoms with Gasteiger partial charge in [0.05, 0.1) is 0 Å². The van der Waals surface area contributed by atoms with Gasteiger partial charge in [0.25, 0.3) is 0 Å². The van der Waals surface area contributed by atoms with E-state index in [1.54, 1.807) is 0 Å². The van der Waals surface area contributed by atoms with Crippen LogP contribution in [0.4, 0.5) is 0 Å². The first-order chi connectivity index (χ1) is 20.6. The fourth-order valence-corrected chi connectivity index (χ4v) is 6.53. The summed E-state index contributed by atoms with van der Waals surface area (Å²) >= 11 is 0. The van der Waals surface area contributed by atoms with Crippen molar-refractivity contribution in [1.29, 1.82) is 0 Å². The highest BCUT2D eigenvalue weighted by atomic mass is 16.2. The summed E-state index contributed by atoms with van der Waals surface area (Å²) < 4.78 is 4.73. The van der Waals surface area contributed by atoms with Crippen molar-refractivity contribution in [2.45, 2.75) is 78.3 Å². The van der Waals surface area contributed by atoms with Crippen molar-refractivity contribution in [3.8, 4) is 0 Å². The third-order valence-corrected chi connectivity index (χ3v) is 8.75. The lowest BCUT2D eigenvalue weighted by molar-refractivity contribution is 0.0817. The molecule has 214 valence electrons. The Kier molecular flexibility index (Phi) is 8.23. The molecule has 0 aliphatic carbocycles. The van der Waals surface area contributed by atoms with Crippen molar-refractivity contribution < 1.29 is 9.59 Å². The number of hydrogen-bond acceptors (Lipinski definition) is 2. The summed E-state index contributed by atoms with van der Waals surface area (Å²) in [5, 5.41) is 4.30. The molecule has 42 heavy (non-hydrogen) atoms. The summed E-state index contributed by atoms with van der Waals surface area (Å²) in [7, 11) is 0. The number of para-hydroxylation sites is 2. The molecule has 4 nitrogen and oxygen atoms in total. The van der Waals surface area contributed by atoms with E-state index in [-0.39, 0.29) is 0 Å². The van der Waals surface area contributed by atoms with Gasteiger partial charge >= 0.3 is 0 Å². The third kappa shape index (κ3) is 5.15. The number of nitrogens with zero attached hydrogens (tertiary/aromatic N) is 2. The molecule has 0 N–H and O–H groups in total. The molecule has 0 bridgehead atoms. The van der Waals surface area contributed by atoms with Gasteiger partial charge < -0.3 is 9.13 Å². The number of carbonyl (C=O) groups excluding carboxylic acids is 2. The van der Waals surface area contributed by atoms with E-state index in [1.807, 2.05) is 48.5 Å². The number of unbranched alkanes of at least 4 members (excludes halogenated alkanes) is 6. The number of benzene rings is 4. The lowest BCUT2D eigenvalue weighted by atomic mass is 9.98. The van der Waals surface area contributed by atoms with Crippen LogP contribution in [0.15, 0.2) is 84.9 Å². The van der Waals surface area contributed by atoms with Crippen LogP contribution < -0.4 is 0 Å². The number of hydrogen-bond donors (Lipinski definition) is 0. The fraction of sp³-hybridized carbons (Fsp3) is 0.316. The summed E-state index contributed by atoms with van der Waals surface area (Å²) in [4.78, 5) is 27.2. The third-order valence-electron chi connectivity index (χ3n) is 8.75. The molecule has 0 radical (unpaired) electrons. The van der Waals surface area contributed by atoms with Crippen molar-refractivity contribution in [2.75, 3.05) is 0 Å². The molecule has 4 heteroatoms. The smallest absolute Gasteiger partial charge is 0.233 e. The minimum absolute atomic E-state index is 0.444. The maximum Gasteiger partial charge on any atom is 0.233 e. The van der Waals surface area contributed by atoms with E-state index < -0.39 is 11.6 Å². The first kappa shape index (κ1) is 28.0. The Morgan fingerprint density at radius 2 is 0.881 bits per heavy atom. The zero-order chi connectivity index (χ0) is 29.1. The van der Waals surface area contributed by atoms with Crippen molar-refractivity contribution in [3.63, 3.8) is 0 Å². The molecule has 0 atom stereocenters. The molecule has 0 unspecified atom stereocenters. The molecule has 0 aliphatic heterocycles. The number of carbonyl (C=O) groups is 2. The fourth-order valence-electron chi connectivity index (χ4n) is 6.53. The minimum Gasteiger partial charge on any atom is -0.340 e. The second-order valence-corrected chi connectivity index (χ2v) is 11.6. The highest BCUT2D eigenvalue weighted by Gasteiger charge is 2.22. The van der Waals surface area contributed by atoms with Gasteiger partial charge in [-0.2, -0.15) is 0 Å². The molecular formula is C38H40N2O2. The molecule has 0 fully saturated rings. The Labute approximate surface area is 247 Å². The molecular weight excluding hydrogens is 516 g/mol. The first-order valence-electron chi connectivity index (χ1n) is 15.7. The van der Waals surface area contributed by atoms with Crippen LogP contribution in [0.25, 0.3) is 43.6 Å². The van der Waals surface area contributed by atoms with Crippen LogP contribution >= 0.6 is 0 Å². The summed E-state index contributed by atoms with van der Waals surface area (Å²) in [5.74, 6) is -0.918. The summed E-state index contributed by atoms with van der Waals surface area (Å²) in [6.07, 6.45) is 9.56. The van der Waals surface area contributed by atoms with Crippen LogP contribution in [-0.2, 0) is 13.1 Å². The Bertz CT molecular complexity index is 1770. The van der Waals surface area contributed by atoms with E-state index in [0.29, 0.717) is 11.1 Å². The van der Waals surface area contributed by atoms with E-state index in [1.165, 1.54) is 49.6 Å². The number of aromatic nitrogens is 2. The van der Waals surface area contributed by atoms with Gasteiger partial charge in [-0.1, -0.05) is 88.8 Å². The number of fused-ring (bicyclic) bond motifs is 6. The average Bonchev–Trinajstić information content (AvgIpc) is 3.52. The molecule has 0 amide bonds. The summed E-state index contributed by atoms with van der Waals surface area (Å²) in [6, 6.07) is 28.3. The summed E-state index contributed by atoms with van der Waals surface area (Å²) in [5.41, 5.74) is 5.47. The van der Waals surface area contributed by atoms with Gasteiger partial charge in [0, 0.05) is 67.8 Å². The van der Waals surface area contributed by atoms with E-state index in [4.69, 9.17) is 0 Å². The molecule has 0 spiro atoms. The molecule has 6 rings (SSSR count). The highest BCUT2D eigenvalue weighted by molar-refractivity contribution is 6.49. The van der Waals surface area contributed by atoms with Gasteiger partial charge in [-0.15, -0.1) is 0 Å². The van der Waals surface area contributed by atoms with Gasteiger partial charge in [0.1, 0.15) is 0 Å². The molecule has 2 aromatic heterocycles. The van der Waals surface area contributed by atoms with E-state index in [2.05, 4.69) is 59.4 Å². The van der Waals surface area contributed by atoms with Crippen LogP contribution in [0.5, 0.6) is 0 Å². The minimum atomic E-state index is -0.459. The maximum atomic E-state index is 13.6. The zero-order valence-corrected chi connectivity index (χ0v) is 24.9. The molecule has 6 aromatic rings. The monoisotopic (exact) mass is 556 g/mol. The van der Waals surface area contributed by atoms with Crippen molar-refractivity contribution >= 4 is 55.2 Å². The van der Waals surface area contributed by atoms with Crippen molar-refractivity contribution in [3.05, 3.63) is 96.1 Å². The van der Waals surface area contributed by atoms with E-state index >= 15 is 0 Å². The van der Waals surface area contributed by atoms with Gasteiger partial charge in [-0.25, -0.2) is 0 Å². The molecule has 0 aliphatic rings. The van der Waals surface area contributed by atoms with Crippen molar-refractivity contribution in [2.24, 2.45) is 0 Å². The lowest BCUT2D eigenvalue weighted by Crippen LogP contribution is -2.14. The Morgan fingerprint density at radius 3 is 1.31 bits per heavy atom. The Hall–Kier alpha value is -4.18.